The van der Waals surface area contributed by atoms with Crippen LogP contribution in [0.3, 0.4) is 0 Å². The summed E-state index contributed by atoms with van der Waals surface area (Å²) in [5, 5.41) is 38.7. The van der Waals surface area contributed by atoms with Crippen molar-refractivity contribution in [2.24, 2.45) is 5.92 Å². The maximum Gasteiger partial charge on any atom is 1.00 e. The van der Waals surface area contributed by atoms with Crippen molar-refractivity contribution in [3.8, 4) is 0 Å². The van der Waals surface area contributed by atoms with Crippen LogP contribution in [0.2, 0.25) is 0 Å². The van der Waals surface area contributed by atoms with E-state index in [-0.39, 0.29) is 88.7 Å². The predicted octanol–water partition coefficient (Wildman–Crippen LogP) is -13.7. The van der Waals surface area contributed by atoms with Crippen molar-refractivity contribution in [1.29, 1.82) is 0 Å². The van der Waals surface area contributed by atoms with Gasteiger partial charge in [0, 0.05) is 17.9 Å². The molecule has 0 bridgehead atoms. The summed E-state index contributed by atoms with van der Waals surface area (Å²) in [6.45, 7) is 0. The van der Waals surface area contributed by atoms with Crippen LogP contribution in [0.15, 0.2) is 0 Å². The number of carboxylic acid groups (broad SMARTS) is 3. The van der Waals surface area contributed by atoms with Crippen molar-refractivity contribution in [2.45, 2.75) is 12.5 Å². The fourth-order valence-electron chi connectivity index (χ4n) is 0.666. The van der Waals surface area contributed by atoms with E-state index in [0.29, 0.717) is 0 Å². The number of carboxylic acids is 3. The van der Waals surface area contributed by atoms with Crippen LogP contribution in [0.5, 0.6) is 0 Å². The number of hydrogen-bond donors (Lipinski definition) is 1. The molecule has 0 aromatic rings. The van der Waals surface area contributed by atoms with Crippen molar-refractivity contribution in [2.75, 3.05) is 0 Å². The van der Waals surface area contributed by atoms with E-state index < -0.39 is 36.4 Å². The van der Waals surface area contributed by atoms with Crippen LogP contribution in [-0.4, -0.2) is 29.1 Å². The molecular weight excluding hydrogens is 253 g/mol. The maximum absolute atomic E-state index is 10.6. The van der Waals surface area contributed by atoms with Gasteiger partial charge in [0.2, 0.25) is 0 Å². The quantitative estimate of drug-likeness (QED) is 0.482. The van der Waals surface area contributed by atoms with Crippen molar-refractivity contribution < 1.29 is 123 Å². The van der Waals surface area contributed by atoms with Crippen molar-refractivity contribution in [3.63, 3.8) is 0 Å². The smallest absolute Gasteiger partial charge is 0.843 e. The second-order valence-corrected chi connectivity index (χ2v) is 2.26. The van der Waals surface area contributed by atoms with Crippen LogP contribution in [0.1, 0.15) is 6.42 Å². The van der Waals surface area contributed by atoms with E-state index in [2.05, 4.69) is 0 Å². The van der Waals surface area contributed by atoms with Crippen LogP contribution < -0.4 is 104 Å². The average molecular weight is 258 g/mol. The first-order chi connectivity index (χ1) is 5.86. The summed E-state index contributed by atoms with van der Waals surface area (Å²) in [7, 11) is 0. The minimum absolute atomic E-state index is 0. The van der Waals surface area contributed by atoms with E-state index in [0.717, 1.165) is 0 Å². The van der Waals surface area contributed by atoms with Gasteiger partial charge in [-0.2, -0.15) is 0 Å². The molecule has 16 heavy (non-hydrogen) atoms. The number of hydrogen-bond acceptors (Lipinski definition) is 6. The molecule has 0 heterocycles. The summed E-state index contributed by atoms with van der Waals surface area (Å²) in [5.74, 6) is -7.86. The third-order valence-electron chi connectivity index (χ3n) is 1.30. The minimum atomic E-state index is -2.55. The molecule has 0 aliphatic carbocycles. The molecular formula is C6H5Na3O7. The van der Waals surface area contributed by atoms with Crippen LogP contribution in [0.4, 0.5) is 0 Å². The molecule has 0 aromatic heterocycles. The molecule has 0 aliphatic heterocycles. The number of carbonyl (C=O) groups is 3. The zero-order valence-electron chi connectivity index (χ0n) is 9.26. The van der Waals surface area contributed by atoms with Gasteiger partial charge in [-0.1, -0.05) is 0 Å². The second-order valence-electron chi connectivity index (χ2n) is 2.26. The van der Waals surface area contributed by atoms with Gasteiger partial charge in [0.1, 0.15) is 0 Å². The molecule has 2 atom stereocenters. The van der Waals surface area contributed by atoms with E-state index >= 15 is 0 Å². The standard InChI is InChI=1S/C6H7O7.3Na/c7-3(8)1-2(5(10)11)4(9)6(12)13;;;/h2,4H,1H2,(H,7,8)(H,10,11)(H,12,13);;;/q-1;3*+1/p-2. The molecule has 0 aromatic carbocycles. The van der Waals surface area contributed by atoms with Gasteiger partial charge < -0.3 is 30.0 Å². The van der Waals surface area contributed by atoms with Crippen LogP contribution >= 0.6 is 0 Å². The summed E-state index contributed by atoms with van der Waals surface area (Å²) < 4.78 is 0. The number of rotatable bonds is 5. The van der Waals surface area contributed by atoms with Crippen molar-refractivity contribution in [3.05, 3.63) is 0 Å². The third kappa shape index (κ3) is 10.5. The van der Waals surface area contributed by atoms with Crippen molar-refractivity contribution >= 4 is 17.9 Å². The predicted molar refractivity (Wildman–Crippen MR) is 29.5 cm³/mol. The molecule has 74 valence electrons. The van der Waals surface area contributed by atoms with Crippen LogP contribution in [-0.2, 0) is 14.4 Å². The van der Waals surface area contributed by atoms with E-state index in [1.807, 2.05) is 0 Å². The maximum atomic E-state index is 10.6. The SMILES string of the molecule is O=C([O-])CC(C(=O)[O-])C([O-])C(=O)O.[Na+].[Na+].[Na+]. The first-order valence-corrected chi connectivity index (χ1v) is 3.15. The topological polar surface area (TPSA) is 141 Å². The van der Waals surface area contributed by atoms with E-state index in [1.54, 1.807) is 0 Å². The van der Waals surface area contributed by atoms with Gasteiger partial charge in [-0.15, -0.1) is 0 Å². The molecule has 0 spiro atoms. The fraction of sp³-hybridized carbons (Fsp3) is 0.500. The van der Waals surface area contributed by atoms with Crippen LogP contribution in [0, 0.1) is 5.92 Å². The molecule has 0 fully saturated rings. The largest absolute Gasteiger partial charge is 1.00 e. The summed E-state index contributed by atoms with van der Waals surface area (Å²) in [5.41, 5.74) is 0. The van der Waals surface area contributed by atoms with Gasteiger partial charge >= 0.3 is 88.7 Å². The summed E-state index contributed by atoms with van der Waals surface area (Å²) in [6.07, 6.45) is -3.72. The summed E-state index contributed by atoms with van der Waals surface area (Å²) >= 11 is 0. The monoisotopic (exact) mass is 258 g/mol. The van der Waals surface area contributed by atoms with Gasteiger partial charge in [0.15, 0.2) is 0 Å². The first kappa shape index (κ1) is 26.0. The Balaban J connectivity index is -0.000000240. The molecule has 0 radical (unpaired) electrons. The zero-order valence-corrected chi connectivity index (χ0v) is 15.3. The number of aliphatic carboxylic acids is 3. The molecule has 0 amide bonds. The van der Waals surface area contributed by atoms with Gasteiger partial charge in [0.05, 0.1) is 0 Å². The van der Waals surface area contributed by atoms with Gasteiger partial charge in [-0.3, -0.25) is 4.79 Å². The summed E-state index contributed by atoms with van der Waals surface area (Å²) in [6, 6.07) is 0. The Morgan fingerprint density at radius 2 is 1.44 bits per heavy atom. The van der Waals surface area contributed by atoms with E-state index in [1.165, 1.54) is 0 Å². The number of carbonyl (C=O) groups excluding carboxylic acids is 2. The Bertz CT molecular complexity index is 244. The van der Waals surface area contributed by atoms with Crippen molar-refractivity contribution in [1.82, 2.24) is 0 Å². The summed E-state index contributed by atoms with van der Waals surface area (Å²) in [4.78, 5) is 30.0. The first-order valence-electron chi connectivity index (χ1n) is 3.15. The van der Waals surface area contributed by atoms with Gasteiger partial charge in [0.25, 0.3) is 5.97 Å². The minimum Gasteiger partial charge on any atom is -0.843 e. The normalized spacial score (nSPS) is 11.8. The Kier molecular flexibility index (Phi) is 20.9. The van der Waals surface area contributed by atoms with E-state index in [4.69, 9.17) is 5.11 Å². The molecule has 0 saturated heterocycles. The molecule has 0 saturated carbocycles. The molecule has 1 N–H and O–H groups in total. The zero-order chi connectivity index (χ0) is 10.6. The molecule has 7 nitrogen and oxygen atoms in total. The average Bonchev–Trinajstić information content (AvgIpc) is 1.97. The van der Waals surface area contributed by atoms with E-state index in [9.17, 15) is 29.7 Å². The third-order valence-corrected chi connectivity index (χ3v) is 1.30. The Morgan fingerprint density at radius 3 is 1.62 bits per heavy atom. The molecule has 0 rings (SSSR count). The Morgan fingerprint density at radius 1 is 1.06 bits per heavy atom. The molecule has 10 heteroatoms. The molecule has 0 aliphatic rings. The fourth-order valence-corrected chi connectivity index (χ4v) is 0.666. The van der Waals surface area contributed by atoms with Gasteiger partial charge in [-0.25, -0.2) is 0 Å². The van der Waals surface area contributed by atoms with Gasteiger partial charge in [-0.05, 0) is 12.5 Å². The Hall–Kier alpha value is 1.37. The molecule has 2 unspecified atom stereocenters. The second kappa shape index (κ2) is 12.8. The van der Waals surface area contributed by atoms with Crippen LogP contribution in [0.25, 0.3) is 0 Å². The Labute approximate surface area is 157 Å².